The van der Waals surface area contributed by atoms with E-state index in [1.165, 1.54) is 26.9 Å². The van der Waals surface area contributed by atoms with Crippen LogP contribution in [-0.2, 0) is 4.79 Å². The van der Waals surface area contributed by atoms with Gasteiger partial charge in [-0.25, -0.2) is 5.43 Å². The number of hydrogen-bond acceptors (Lipinski definition) is 3. The highest BCUT2D eigenvalue weighted by molar-refractivity contribution is 9.10. The van der Waals surface area contributed by atoms with Crippen molar-refractivity contribution in [2.45, 2.75) is 12.8 Å². The summed E-state index contributed by atoms with van der Waals surface area (Å²) in [4.78, 5) is 12.2. The highest BCUT2D eigenvalue weighted by Crippen LogP contribution is 2.35. The minimum atomic E-state index is -0.0871. The second-order valence-electron chi connectivity index (χ2n) is 7.84. The highest BCUT2D eigenvalue weighted by atomic mass is 79.9. The molecule has 0 saturated carbocycles. The van der Waals surface area contributed by atoms with E-state index < -0.39 is 0 Å². The van der Waals surface area contributed by atoms with Gasteiger partial charge in [0.15, 0.2) is 0 Å². The lowest BCUT2D eigenvalue weighted by Gasteiger charge is -2.12. The summed E-state index contributed by atoms with van der Waals surface area (Å²) >= 11 is 3.42. The molecule has 4 nitrogen and oxygen atoms in total. The van der Waals surface area contributed by atoms with Crippen LogP contribution < -0.4 is 10.7 Å². The molecule has 0 fully saturated rings. The zero-order chi connectivity index (χ0) is 21.9. The average Bonchev–Trinajstić information content (AvgIpc) is 2.82. The third-order valence-electron chi connectivity index (χ3n) is 5.69. The van der Waals surface area contributed by atoms with Crippen LogP contribution >= 0.6 is 15.9 Å². The predicted molar refractivity (Wildman–Crippen MR) is 138 cm³/mol. The normalized spacial score (nSPS) is 11.7. The van der Waals surface area contributed by atoms with Gasteiger partial charge >= 0.3 is 0 Å². The maximum Gasteiger partial charge on any atom is 0.240 e. The summed E-state index contributed by atoms with van der Waals surface area (Å²) in [5, 5.41) is 14.9. The van der Waals surface area contributed by atoms with E-state index in [4.69, 9.17) is 0 Å². The first kappa shape index (κ1) is 20.5. The lowest BCUT2D eigenvalue weighted by Crippen LogP contribution is -2.18. The largest absolute Gasteiger partial charge is 0.385 e. The lowest BCUT2D eigenvalue weighted by molar-refractivity contribution is -0.121. The van der Waals surface area contributed by atoms with Gasteiger partial charge in [-0.2, -0.15) is 5.10 Å². The third kappa shape index (κ3) is 4.16. The molecule has 5 heteroatoms. The fraction of sp³-hybridized carbons (Fsp3) is 0.111. The molecule has 0 bridgehead atoms. The molecule has 0 aliphatic heterocycles. The molecule has 0 radical (unpaired) electrons. The predicted octanol–water partition coefficient (Wildman–Crippen LogP) is 6.69. The first-order chi connectivity index (χ1) is 15.7. The lowest BCUT2D eigenvalue weighted by atomic mass is 9.92. The number of hydrogen-bond donors (Lipinski definition) is 2. The van der Waals surface area contributed by atoms with E-state index in [1.807, 2.05) is 24.3 Å². The van der Waals surface area contributed by atoms with Crippen molar-refractivity contribution in [1.29, 1.82) is 0 Å². The Kier molecular flexibility index (Phi) is 5.73. The van der Waals surface area contributed by atoms with Gasteiger partial charge in [0.05, 0.1) is 6.21 Å². The highest BCUT2D eigenvalue weighted by Gasteiger charge is 2.10. The van der Waals surface area contributed by atoms with Crippen molar-refractivity contribution in [2.75, 3.05) is 11.9 Å². The smallest absolute Gasteiger partial charge is 0.240 e. The van der Waals surface area contributed by atoms with Crippen LogP contribution in [0.2, 0.25) is 0 Å². The average molecular weight is 484 g/mol. The van der Waals surface area contributed by atoms with E-state index in [0.29, 0.717) is 6.42 Å². The van der Waals surface area contributed by atoms with Gasteiger partial charge < -0.3 is 5.32 Å². The van der Waals surface area contributed by atoms with E-state index in [2.05, 4.69) is 86.4 Å². The van der Waals surface area contributed by atoms with Crippen LogP contribution in [0.3, 0.4) is 0 Å². The van der Waals surface area contributed by atoms with Gasteiger partial charge in [0.2, 0.25) is 5.91 Å². The molecule has 0 unspecified atom stereocenters. The summed E-state index contributed by atoms with van der Waals surface area (Å²) in [5.74, 6) is -0.0871. The minimum absolute atomic E-state index is 0.0871. The van der Waals surface area contributed by atoms with Crippen LogP contribution in [0.4, 0.5) is 5.69 Å². The van der Waals surface area contributed by atoms with Crippen molar-refractivity contribution in [3.05, 3.63) is 88.9 Å². The molecule has 32 heavy (non-hydrogen) atoms. The SMILES string of the molecule is O=C(CCCNc1ccc(Br)cc1)N/N=C\c1cc2cccc3ccc4cccc1c4c32. The molecule has 5 aromatic rings. The second kappa shape index (κ2) is 8.97. The van der Waals surface area contributed by atoms with Gasteiger partial charge in [-0.1, -0.05) is 64.5 Å². The van der Waals surface area contributed by atoms with Crippen molar-refractivity contribution >= 4 is 66.1 Å². The van der Waals surface area contributed by atoms with E-state index in [0.717, 1.165) is 34.1 Å². The molecule has 5 aromatic carbocycles. The van der Waals surface area contributed by atoms with Crippen molar-refractivity contribution in [1.82, 2.24) is 5.43 Å². The number of nitrogens with one attached hydrogen (secondary N) is 2. The maximum atomic E-state index is 12.2. The van der Waals surface area contributed by atoms with Gasteiger partial charge in [-0.05, 0) is 69.1 Å². The number of halogens is 1. The maximum absolute atomic E-state index is 12.2. The van der Waals surface area contributed by atoms with Crippen LogP contribution in [0.5, 0.6) is 0 Å². The number of anilines is 1. The number of benzene rings is 5. The molecule has 0 aliphatic rings. The Morgan fingerprint density at radius 1 is 0.875 bits per heavy atom. The Bertz CT molecular complexity index is 1430. The molecular formula is C27H22BrN3O. The van der Waals surface area contributed by atoms with Crippen LogP contribution in [0.1, 0.15) is 18.4 Å². The molecule has 0 spiro atoms. The van der Waals surface area contributed by atoms with Crippen molar-refractivity contribution in [3.8, 4) is 0 Å². The Labute approximate surface area is 194 Å². The number of rotatable bonds is 7. The third-order valence-corrected chi connectivity index (χ3v) is 6.22. The van der Waals surface area contributed by atoms with Gasteiger partial charge in [-0.3, -0.25) is 4.79 Å². The van der Waals surface area contributed by atoms with Crippen LogP contribution in [-0.4, -0.2) is 18.7 Å². The van der Waals surface area contributed by atoms with Crippen LogP contribution in [0.25, 0.3) is 32.3 Å². The van der Waals surface area contributed by atoms with E-state index in [-0.39, 0.29) is 5.91 Å². The van der Waals surface area contributed by atoms with Gasteiger partial charge in [0, 0.05) is 28.7 Å². The molecule has 0 atom stereocenters. The van der Waals surface area contributed by atoms with Crippen molar-refractivity contribution in [2.24, 2.45) is 5.10 Å². The molecule has 0 aliphatic carbocycles. The molecule has 0 heterocycles. The molecule has 2 N–H and O–H groups in total. The molecule has 1 amide bonds. The van der Waals surface area contributed by atoms with E-state index in [1.54, 1.807) is 6.21 Å². The fourth-order valence-electron chi connectivity index (χ4n) is 4.18. The number of hydrazone groups is 1. The van der Waals surface area contributed by atoms with Crippen molar-refractivity contribution < 1.29 is 4.79 Å². The van der Waals surface area contributed by atoms with Gasteiger partial charge in [0.25, 0.3) is 0 Å². The topological polar surface area (TPSA) is 53.5 Å². The number of nitrogens with zero attached hydrogens (tertiary/aromatic N) is 1. The van der Waals surface area contributed by atoms with Crippen LogP contribution in [0, 0.1) is 0 Å². The fourth-order valence-corrected chi connectivity index (χ4v) is 4.44. The first-order valence-corrected chi connectivity index (χ1v) is 11.5. The number of carbonyl (C=O) groups is 1. The quantitative estimate of drug-likeness (QED) is 0.117. The number of amides is 1. The molecule has 0 saturated heterocycles. The van der Waals surface area contributed by atoms with Gasteiger partial charge in [0.1, 0.15) is 0 Å². The Balaban J connectivity index is 1.25. The molecule has 158 valence electrons. The summed E-state index contributed by atoms with van der Waals surface area (Å²) in [6.45, 7) is 0.729. The Morgan fingerprint density at radius 3 is 2.41 bits per heavy atom. The molecular weight excluding hydrogens is 462 g/mol. The summed E-state index contributed by atoms with van der Waals surface area (Å²) in [5.41, 5.74) is 4.71. The zero-order valence-electron chi connectivity index (χ0n) is 17.4. The molecule has 0 aromatic heterocycles. The monoisotopic (exact) mass is 483 g/mol. The Hall–Kier alpha value is -3.44. The van der Waals surface area contributed by atoms with E-state index >= 15 is 0 Å². The van der Waals surface area contributed by atoms with Crippen LogP contribution in [0.15, 0.2) is 88.4 Å². The minimum Gasteiger partial charge on any atom is -0.385 e. The van der Waals surface area contributed by atoms with Gasteiger partial charge in [-0.15, -0.1) is 0 Å². The van der Waals surface area contributed by atoms with E-state index in [9.17, 15) is 4.79 Å². The van der Waals surface area contributed by atoms with Crippen molar-refractivity contribution in [3.63, 3.8) is 0 Å². The Morgan fingerprint density at radius 2 is 1.59 bits per heavy atom. The standard InChI is InChI=1S/C27H22BrN3O/c28-22-11-13-23(14-12-22)29-15-3-8-25(32)31-30-17-21-16-20-6-1-4-18-9-10-19-5-2-7-24(21)27(19)26(18)20/h1-2,4-7,9-14,16-17,29H,3,8,15H2,(H,31,32)/b30-17-. The molecule has 5 rings (SSSR count). The second-order valence-corrected chi connectivity index (χ2v) is 8.76. The summed E-state index contributed by atoms with van der Waals surface area (Å²) in [6.07, 6.45) is 2.90. The summed E-state index contributed by atoms with van der Waals surface area (Å²) < 4.78 is 1.05. The zero-order valence-corrected chi connectivity index (χ0v) is 19.0. The number of carbonyl (C=O) groups excluding carboxylic acids is 1. The first-order valence-electron chi connectivity index (χ1n) is 10.7. The summed E-state index contributed by atoms with van der Waals surface area (Å²) in [7, 11) is 0. The summed E-state index contributed by atoms with van der Waals surface area (Å²) in [6, 6.07) is 27.1.